The molecule has 1 heterocycles. The van der Waals surface area contributed by atoms with E-state index < -0.39 is 5.60 Å². The smallest absolute Gasteiger partial charge is 0.256 e. The number of hydrogen-bond donors (Lipinski definition) is 1. The summed E-state index contributed by atoms with van der Waals surface area (Å²) in [6.45, 7) is 9.64. The average molecular weight is 363 g/mol. The maximum Gasteiger partial charge on any atom is 0.256 e. The van der Waals surface area contributed by atoms with Crippen molar-refractivity contribution in [1.29, 1.82) is 0 Å². The zero-order chi connectivity index (χ0) is 19.0. The molecule has 5 heteroatoms. The first-order valence-electron chi connectivity index (χ1n) is 10.1. The number of ether oxygens (including phenoxy) is 2. The third-order valence-electron chi connectivity index (χ3n) is 4.98. The average Bonchev–Trinajstić information content (AvgIpc) is 2.62. The standard InChI is InChI=1S/C21H34N2O3/c1-5-7-12-25-19-17(4)13-18(15-22-19)23-20(24)21(26-11-6-2)10-8-9-16(3)14-21/h13,15-16H,5-12,14H2,1-4H3,(H,23,24)/t16-,21+/m0/s1. The largest absolute Gasteiger partial charge is 0.477 e. The molecule has 1 aliphatic carbocycles. The molecule has 2 atom stereocenters. The van der Waals surface area contributed by atoms with Crippen LogP contribution in [-0.2, 0) is 9.53 Å². The van der Waals surface area contributed by atoms with Gasteiger partial charge >= 0.3 is 0 Å². The number of pyridine rings is 1. The number of amides is 1. The normalized spacial score (nSPS) is 22.8. The van der Waals surface area contributed by atoms with E-state index in [1.807, 2.05) is 13.0 Å². The van der Waals surface area contributed by atoms with Crippen LogP contribution in [0.5, 0.6) is 5.88 Å². The highest BCUT2D eigenvalue weighted by molar-refractivity contribution is 5.97. The minimum atomic E-state index is -0.710. The van der Waals surface area contributed by atoms with E-state index in [-0.39, 0.29) is 5.91 Å². The van der Waals surface area contributed by atoms with Crippen molar-refractivity contribution in [2.75, 3.05) is 18.5 Å². The summed E-state index contributed by atoms with van der Waals surface area (Å²) < 4.78 is 11.8. The van der Waals surface area contributed by atoms with Gasteiger partial charge in [0.25, 0.3) is 5.91 Å². The lowest BCUT2D eigenvalue weighted by Gasteiger charge is -2.38. The molecule has 1 N–H and O–H groups in total. The maximum atomic E-state index is 13.1. The molecule has 0 aliphatic heterocycles. The van der Waals surface area contributed by atoms with Gasteiger partial charge in [0.15, 0.2) is 0 Å². The van der Waals surface area contributed by atoms with E-state index in [4.69, 9.17) is 9.47 Å². The van der Waals surface area contributed by atoms with Crippen LogP contribution in [0.25, 0.3) is 0 Å². The molecule has 1 aromatic heterocycles. The summed E-state index contributed by atoms with van der Waals surface area (Å²) in [7, 11) is 0. The van der Waals surface area contributed by atoms with Crippen LogP contribution in [0.2, 0.25) is 0 Å². The lowest BCUT2D eigenvalue weighted by Crippen LogP contribution is -2.48. The molecule has 26 heavy (non-hydrogen) atoms. The molecule has 0 aromatic carbocycles. The van der Waals surface area contributed by atoms with Gasteiger partial charge in [0, 0.05) is 12.2 Å². The predicted molar refractivity (Wildman–Crippen MR) is 105 cm³/mol. The Kier molecular flexibility index (Phi) is 7.88. The summed E-state index contributed by atoms with van der Waals surface area (Å²) in [4.78, 5) is 17.4. The van der Waals surface area contributed by atoms with Gasteiger partial charge in [-0.25, -0.2) is 4.98 Å². The first-order chi connectivity index (χ1) is 12.5. The Labute approximate surface area is 157 Å². The minimum Gasteiger partial charge on any atom is -0.477 e. The van der Waals surface area contributed by atoms with E-state index in [1.54, 1.807) is 6.20 Å². The van der Waals surface area contributed by atoms with E-state index in [9.17, 15) is 4.79 Å². The Hall–Kier alpha value is -1.62. The topological polar surface area (TPSA) is 60.5 Å². The zero-order valence-electron chi connectivity index (χ0n) is 16.8. The van der Waals surface area contributed by atoms with Gasteiger partial charge in [-0.05, 0) is 51.0 Å². The van der Waals surface area contributed by atoms with Crippen LogP contribution < -0.4 is 10.1 Å². The first-order valence-corrected chi connectivity index (χ1v) is 10.1. The number of hydrogen-bond acceptors (Lipinski definition) is 4. The molecule has 5 nitrogen and oxygen atoms in total. The van der Waals surface area contributed by atoms with Crippen LogP contribution >= 0.6 is 0 Å². The van der Waals surface area contributed by atoms with Crippen molar-refractivity contribution in [3.05, 3.63) is 17.8 Å². The van der Waals surface area contributed by atoms with Crippen LogP contribution in [0, 0.1) is 12.8 Å². The molecule has 1 fully saturated rings. The van der Waals surface area contributed by atoms with Crippen LogP contribution in [-0.4, -0.2) is 29.7 Å². The molecule has 1 saturated carbocycles. The van der Waals surface area contributed by atoms with Gasteiger partial charge in [-0.1, -0.05) is 33.6 Å². The van der Waals surface area contributed by atoms with E-state index in [2.05, 4.69) is 31.1 Å². The second-order valence-electron chi connectivity index (χ2n) is 7.55. The van der Waals surface area contributed by atoms with Crippen LogP contribution in [0.4, 0.5) is 5.69 Å². The number of nitrogens with zero attached hydrogens (tertiary/aromatic N) is 1. The Morgan fingerprint density at radius 3 is 2.81 bits per heavy atom. The predicted octanol–water partition coefficient (Wildman–Crippen LogP) is 4.88. The number of anilines is 1. The Morgan fingerprint density at radius 1 is 1.35 bits per heavy atom. The number of carbonyl (C=O) groups is 1. The molecular formula is C21H34N2O3. The fourth-order valence-corrected chi connectivity index (χ4v) is 3.54. The van der Waals surface area contributed by atoms with Gasteiger partial charge in [-0.2, -0.15) is 0 Å². The number of rotatable bonds is 9. The number of aromatic nitrogens is 1. The van der Waals surface area contributed by atoms with E-state index in [0.717, 1.165) is 50.5 Å². The van der Waals surface area contributed by atoms with Crippen LogP contribution in [0.15, 0.2) is 12.3 Å². The van der Waals surface area contributed by atoms with Crippen molar-refractivity contribution in [2.45, 2.75) is 78.2 Å². The van der Waals surface area contributed by atoms with Gasteiger partial charge in [-0.15, -0.1) is 0 Å². The summed E-state index contributed by atoms with van der Waals surface area (Å²) in [6, 6.07) is 1.92. The summed E-state index contributed by atoms with van der Waals surface area (Å²) in [5.41, 5.74) is 0.921. The highest BCUT2D eigenvalue weighted by Crippen LogP contribution is 2.36. The van der Waals surface area contributed by atoms with Gasteiger partial charge < -0.3 is 14.8 Å². The monoisotopic (exact) mass is 362 g/mol. The number of aryl methyl sites for hydroxylation is 1. The highest BCUT2D eigenvalue weighted by Gasteiger charge is 2.42. The van der Waals surface area contributed by atoms with Crippen LogP contribution in [0.1, 0.15) is 71.3 Å². The third kappa shape index (κ3) is 5.44. The molecule has 1 aromatic rings. The van der Waals surface area contributed by atoms with Gasteiger partial charge in [0.2, 0.25) is 5.88 Å². The Morgan fingerprint density at radius 2 is 2.15 bits per heavy atom. The van der Waals surface area contributed by atoms with Gasteiger partial charge in [-0.3, -0.25) is 4.79 Å². The molecule has 2 rings (SSSR count). The van der Waals surface area contributed by atoms with Crippen LogP contribution in [0.3, 0.4) is 0 Å². The first kappa shape index (κ1) is 20.7. The fourth-order valence-electron chi connectivity index (χ4n) is 3.54. The third-order valence-corrected chi connectivity index (χ3v) is 4.98. The summed E-state index contributed by atoms with van der Waals surface area (Å²) >= 11 is 0. The second-order valence-corrected chi connectivity index (χ2v) is 7.55. The van der Waals surface area contributed by atoms with Crippen molar-refractivity contribution in [1.82, 2.24) is 4.98 Å². The Balaban J connectivity index is 2.07. The lowest BCUT2D eigenvalue weighted by atomic mass is 9.78. The summed E-state index contributed by atoms with van der Waals surface area (Å²) in [5, 5.41) is 3.04. The van der Waals surface area contributed by atoms with E-state index >= 15 is 0 Å². The lowest BCUT2D eigenvalue weighted by molar-refractivity contribution is -0.148. The molecule has 1 aliphatic rings. The van der Waals surface area contributed by atoms with Gasteiger partial charge in [0.05, 0.1) is 18.5 Å². The van der Waals surface area contributed by atoms with Crippen molar-refractivity contribution >= 4 is 11.6 Å². The van der Waals surface area contributed by atoms with Crippen molar-refractivity contribution < 1.29 is 14.3 Å². The quantitative estimate of drug-likeness (QED) is 0.636. The Bertz CT molecular complexity index is 591. The minimum absolute atomic E-state index is 0.0432. The second kappa shape index (κ2) is 9.91. The number of carbonyl (C=O) groups excluding carboxylic acids is 1. The molecule has 0 radical (unpaired) electrons. The highest BCUT2D eigenvalue weighted by atomic mass is 16.5. The SMILES string of the molecule is CCCCOc1ncc(NC(=O)[C@@]2(OCCC)CCC[C@H](C)C2)cc1C. The summed E-state index contributed by atoms with van der Waals surface area (Å²) in [6.07, 6.45) is 8.44. The van der Waals surface area contributed by atoms with Gasteiger partial charge in [0.1, 0.15) is 5.60 Å². The van der Waals surface area contributed by atoms with Crippen molar-refractivity contribution in [2.24, 2.45) is 5.92 Å². The number of unbranched alkanes of at least 4 members (excludes halogenated alkanes) is 1. The molecule has 0 unspecified atom stereocenters. The molecule has 0 spiro atoms. The summed E-state index contributed by atoms with van der Waals surface area (Å²) in [5.74, 6) is 1.10. The molecular weight excluding hydrogens is 328 g/mol. The fraction of sp³-hybridized carbons (Fsp3) is 0.714. The molecule has 0 saturated heterocycles. The molecule has 0 bridgehead atoms. The zero-order valence-corrected chi connectivity index (χ0v) is 16.8. The number of nitrogens with one attached hydrogen (secondary N) is 1. The molecule has 146 valence electrons. The van der Waals surface area contributed by atoms with Crippen molar-refractivity contribution in [3.63, 3.8) is 0 Å². The maximum absolute atomic E-state index is 13.1. The van der Waals surface area contributed by atoms with Crippen molar-refractivity contribution in [3.8, 4) is 5.88 Å². The van der Waals surface area contributed by atoms with E-state index in [0.29, 0.717) is 30.7 Å². The van der Waals surface area contributed by atoms with E-state index in [1.165, 1.54) is 0 Å². The molecule has 1 amide bonds.